The molecular formula is C34H48. The zero-order valence-corrected chi connectivity index (χ0v) is 22.5. The van der Waals surface area contributed by atoms with E-state index in [9.17, 15) is 0 Å². The van der Waals surface area contributed by atoms with Crippen LogP contribution < -0.4 is 0 Å². The molecule has 0 aromatic heterocycles. The summed E-state index contributed by atoms with van der Waals surface area (Å²) in [6.45, 7) is 14.4. The fraction of sp³-hybridized carbons (Fsp3) is 0.735. The molecule has 0 heterocycles. The Kier molecular flexibility index (Phi) is 5.54. The van der Waals surface area contributed by atoms with E-state index in [4.69, 9.17) is 0 Å². The highest BCUT2D eigenvalue weighted by molar-refractivity contribution is 5.41. The maximum absolute atomic E-state index is 4.51. The average molecular weight is 457 g/mol. The lowest BCUT2D eigenvalue weighted by atomic mass is 9.38. The minimum Gasteiger partial charge on any atom is -0.117 e. The van der Waals surface area contributed by atoms with E-state index in [0.717, 1.165) is 36.0 Å². The smallest absolute Gasteiger partial charge is 0.00121 e. The number of hydrogen-bond acceptors (Lipinski definition) is 0. The van der Waals surface area contributed by atoms with Gasteiger partial charge in [0.1, 0.15) is 0 Å². The predicted molar refractivity (Wildman–Crippen MR) is 144 cm³/mol. The Morgan fingerprint density at radius 1 is 1.09 bits per heavy atom. The van der Waals surface area contributed by atoms with E-state index in [0.29, 0.717) is 16.2 Å². The second kappa shape index (κ2) is 8.13. The van der Waals surface area contributed by atoms with Crippen molar-refractivity contribution in [1.82, 2.24) is 0 Å². The number of fused-ring (bicyclic) bond motifs is 5. The molecule has 0 saturated heterocycles. The fourth-order valence-corrected chi connectivity index (χ4v) is 11.2. The van der Waals surface area contributed by atoms with Crippen LogP contribution in [0.25, 0.3) is 0 Å². The molecular weight excluding hydrogens is 408 g/mol. The summed E-state index contributed by atoms with van der Waals surface area (Å²) in [6, 6.07) is 0. The summed E-state index contributed by atoms with van der Waals surface area (Å²) in [4.78, 5) is 0. The van der Waals surface area contributed by atoms with Crippen LogP contribution in [-0.4, -0.2) is 0 Å². The lowest BCUT2D eigenvalue weighted by Crippen LogP contribution is -2.59. The Labute approximate surface area is 209 Å². The molecule has 0 spiro atoms. The van der Waals surface area contributed by atoms with E-state index >= 15 is 0 Å². The molecule has 0 aromatic carbocycles. The first kappa shape index (κ1) is 23.2. The molecule has 0 nitrogen and oxygen atoms in total. The highest BCUT2D eigenvalue weighted by atomic mass is 14.7. The molecule has 0 radical (unpaired) electrons. The van der Waals surface area contributed by atoms with E-state index in [-0.39, 0.29) is 0 Å². The van der Waals surface area contributed by atoms with E-state index < -0.39 is 0 Å². The molecule has 184 valence electrons. The molecule has 0 amide bonds. The Hall–Kier alpha value is -1.26. The summed E-state index contributed by atoms with van der Waals surface area (Å²) in [5.74, 6) is 4.78. The predicted octanol–water partition coefficient (Wildman–Crippen LogP) is 9.75. The molecule has 7 atom stereocenters. The van der Waals surface area contributed by atoms with Crippen LogP contribution in [0.15, 0.2) is 52.8 Å². The topological polar surface area (TPSA) is 0 Å². The van der Waals surface area contributed by atoms with Gasteiger partial charge in [-0.05, 0) is 148 Å². The first-order valence-corrected chi connectivity index (χ1v) is 14.8. The molecule has 6 aliphatic rings. The summed E-state index contributed by atoms with van der Waals surface area (Å²) in [6.07, 6.45) is 25.5. The van der Waals surface area contributed by atoms with Gasteiger partial charge in [0, 0.05) is 12.0 Å². The maximum Gasteiger partial charge on any atom is 0.00121 e. The minimum absolute atomic E-state index is 0.536. The van der Waals surface area contributed by atoms with Crippen molar-refractivity contribution < 1.29 is 0 Å². The van der Waals surface area contributed by atoms with Crippen LogP contribution in [0, 0.1) is 45.8 Å². The molecule has 2 unspecified atom stereocenters. The summed E-state index contributed by atoms with van der Waals surface area (Å²) >= 11 is 0. The normalized spacial score (nSPS) is 46.0. The lowest BCUT2D eigenvalue weighted by molar-refractivity contribution is -0.167. The number of rotatable bonds is 5. The molecule has 34 heavy (non-hydrogen) atoms. The van der Waals surface area contributed by atoms with Crippen molar-refractivity contribution in [3.63, 3.8) is 0 Å². The van der Waals surface area contributed by atoms with Gasteiger partial charge in [0.15, 0.2) is 0 Å². The van der Waals surface area contributed by atoms with Gasteiger partial charge in [0.05, 0.1) is 0 Å². The molecule has 5 fully saturated rings. The van der Waals surface area contributed by atoms with Gasteiger partial charge < -0.3 is 0 Å². The van der Waals surface area contributed by atoms with Crippen molar-refractivity contribution in [1.29, 1.82) is 0 Å². The summed E-state index contributed by atoms with van der Waals surface area (Å²) < 4.78 is 0. The van der Waals surface area contributed by atoms with Crippen LogP contribution in [-0.2, 0) is 0 Å². The molecule has 0 aromatic rings. The molecule has 0 bridgehead atoms. The molecule has 5 saturated carbocycles. The van der Waals surface area contributed by atoms with Crippen molar-refractivity contribution in [2.24, 2.45) is 45.8 Å². The average Bonchev–Trinajstić information content (AvgIpc) is 3.49. The van der Waals surface area contributed by atoms with Gasteiger partial charge in [0.25, 0.3) is 0 Å². The van der Waals surface area contributed by atoms with Gasteiger partial charge in [-0.1, -0.05) is 43.7 Å². The SMILES string of the molecule is C=C1CCC2(C3CC3)[C@H]3CC[C@]4(CC)[C@@H](/C(=C/C)CC5=C=CC=C5C)CC[C@H]4C3CC[C@]2(C)C1. The second-order valence-corrected chi connectivity index (χ2v) is 13.7. The maximum atomic E-state index is 4.51. The lowest BCUT2D eigenvalue weighted by Gasteiger charge is -2.67. The molecule has 0 aliphatic heterocycles. The van der Waals surface area contributed by atoms with E-state index in [1.54, 1.807) is 11.1 Å². The van der Waals surface area contributed by atoms with Gasteiger partial charge >= 0.3 is 0 Å². The highest BCUT2D eigenvalue weighted by Crippen LogP contribution is 2.76. The van der Waals surface area contributed by atoms with Crippen molar-refractivity contribution in [3.05, 3.63) is 52.8 Å². The molecule has 0 N–H and O–H groups in total. The largest absolute Gasteiger partial charge is 0.117 e. The van der Waals surface area contributed by atoms with E-state index in [2.05, 4.69) is 58.2 Å². The van der Waals surface area contributed by atoms with E-state index in [1.807, 2.05) is 0 Å². The monoisotopic (exact) mass is 456 g/mol. The Morgan fingerprint density at radius 2 is 1.91 bits per heavy atom. The van der Waals surface area contributed by atoms with Crippen LogP contribution in [0.4, 0.5) is 0 Å². The van der Waals surface area contributed by atoms with Gasteiger partial charge in [-0.25, -0.2) is 0 Å². The van der Waals surface area contributed by atoms with E-state index in [1.165, 1.54) is 88.2 Å². The highest BCUT2D eigenvalue weighted by Gasteiger charge is 2.68. The molecule has 0 heteroatoms. The first-order chi connectivity index (χ1) is 16.4. The molecule has 6 aliphatic carbocycles. The third-order valence-electron chi connectivity index (χ3n) is 12.7. The summed E-state index contributed by atoms with van der Waals surface area (Å²) in [5.41, 5.74) is 11.5. The van der Waals surface area contributed by atoms with Gasteiger partial charge in [-0.15, -0.1) is 5.73 Å². The van der Waals surface area contributed by atoms with Crippen molar-refractivity contribution >= 4 is 0 Å². The van der Waals surface area contributed by atoms with Crippen LogP contribution in [0.1, 0.15) is 111 Å². The zero-order chi connectivity index (χ0) is 23.7. The van der Waals surface area contributed by atoms with Crippen molar-refractivity contribution in [2.75, 3.05) is 0 Å². The first-order valence-electron chi connectivity index (χ1n) is 14.8. The van der Waals surface area contributed by atoms with Gasteiger partial charge in [-0.3, -0.25) is 0 Å². The summed E-state index contributed by atoms with van der Waals surface area (Å²) in [7, 11) is 0. The summed E-state index contributed by atoms with van der Waals surface area (Å²) in [5, 5.41) is 0. The van der Waals surface area contributed by atoms with Crippen LogP contribution in [0.2, 0.25) is 0 Å². The number of allylic oxidation sites excluding steroid dienone is 6. The Bertz CT molecular complexity index is 993. The van der Waals surface area contributed by atoms with Gasteiger partial charge in [-0.2, -0.15) is 0 Å². The standard InChI is InChI=1S/C34H48/c1-6-25(21-26-10-8-9-24(26)4)29-13-14-30-28-16-18-32(5)22-23(3)15-20-34(32,27-11-12-27)31(28)17-19-33(29,30)7-2/h6,8-9,27-31H,3,7,11-22H2,1-2,4-5H3/b25-6+/t28?,29-,30+,31+,32-,33-,34?/m1/s1. The van der Waals surface area contributed by atoms with Gasteiger partial charge in [0.2, 0.25) is 0 Å². The Morgan fingerprint density at radius 3 is 2.59 bits per heavy atom. The van der Waals surface area contributed by atoms with Crippen molar-refractivity contribution in [3.8, 4) is 0 Å². The van der Waals surface area contributed by atoms with Crippen molar-refractivity contribution in [2.45, 2.75) is 111 Å². The zero-order valence-electron chi connectivity index (χ0n) is 22.5. The quantitative estimate of drug-likeness (QED) is 0.285. The number of hydrogen-bond donors (Lipinski definition) is 0. The van der Waals surface area contributed by atoms with Crippen LogP contribution in [0.3, 0.4) is 0 Å². The Balaban J connectivity index is 1.32. The fourth-order valence-electron chi connectivity index (χ4n) is 11.2. The minimum atomic E-state index is 0.536. The van der Waals surface area contributed by atoms with Crippen LogP contribution >= 0.6 is 0 Å². The van der Waals surface area contributed by atoms with Crippen LogP contribution in [0.5, 0.6) is 0 Å². The third kappa shape index (κ3) is 3.09. The third-order valence-corrected chi connectivity index (χ3v) is 12.7. The molecule has 6 rings (SSSR count). The second-order valence-electron chi connectivity index (χ2n) is 13.7.